The average molecular weight is 290 g/mol. The quantitative estimate of drug-likeness (QED) is 0.871. The molecule has 0 spiro atoms. The van der Waals surface area contributed by atoms with Gasteiger partial charge < -0.3 is 10.1 Å². The van der Waals surface area contributed by atoms with Gasteiger partial charge in [-0.05, 0) is 39.3 Å². The summed E-state index contributed by atoms with van der Waals surface area (Å²) in [4.78, 5) is 2.53. The SMILES string of the molecule is CCCNC(CN1CCOC(C)C1)c1cc(C)cc(C)c1. The molecule has 3 heteroatoms. The van der Waals surface area contributed by atoms with Gasteiger partial charge in [-0.15, -0.1) is 0 Å². The van der Waals surface area contributed by atoms with E-state index < -0.39 is 0 Å². The number of rotatable bonds is 6. The number of benzene rings is 1. The second kappa shape index (κ2) is 7.92. The zero-order valence-corrected chi connectivity index (χ0v) is 14.0. The van der Waals surface area contributed by atoms with Crippen molar-refractivity contribution in [3.05, 3.63) is 34.9 Å². The van der Waals surface area contributed by atoms with E-state index in [0.29, 0.717) is 12.1 Å². The van der Waals surface area contributed by atoms with Crippen LogP contribution in [0.25, 0.3) is 0 Å². The molecule has 1 saturated heterocycles. The van der Waals surface area contributed by atoms with Crippen LogP contribution < -0.4 is 5.32 Å². The number of nitrogens with one attached hydrogen (secondary N) is 1. The third-order valence-corrected chi connectivity index (χ3v) is 4.05. The predicted molar refractivity (Wildman–Crippen MR) is 88.8 cm³/mol. The van der Waals surface area contributed by atoms with E-state index in [9.17, 15) is 0 Å². The van der Waals surface area contributed by atoms with E-state index in [2.05, 4.69) is 56.1 Å². The lowest BCUT2D eigenvalue weighted by Crippen LogP contribution is -2.45. The molecule has 2 rings (SSSR count). The summed E-state index contributed by atoms with van der Waals surface area (Å²) in [5.74, 6) is 0. The Hall–Kier alpha value is -0.900. The van der Waals surface area contributed by atoms with Crippen molar-refractivity contribution in [3.8, 4) is 0 Å². The summed E-state index contributed by atoms with van der Waals surface area (Å²) in [5, 5.41) is 3.72. The van der Waals surface area contributed by atoms with Crippen LogP contribution in [0.5, 0.6) is 0 Å². The van der Waals surface area contributed by atoms with E-state index in [-0.39, 0.29) is 0 Å². The number of nitrogens with zero attached hydrogens (tertiary/aromatic N) is 1. The topological polar surface area (TPSA) is 24.5 Å². The van der Waals surface area contributed by atoms with Gasteiger partial charge in [0.2, 0.25) is 0 Å². The van der Waals surface area contributed by atoms with Gasteiger partial charge in [-0.1, -0.05) is 36.2 Å². The van der Waals surface area contributed by atoms with Crippen molar-refractivity contribution in [1.29, 1.82) is 0 Å². The molecule has 118 valence electrons. The van der Waals surface area contributed by atoms with E-state index in [1.54, 1.807) is 0 Å². The number of hydrogen-bond acceptors (Lipinski definition) is 3. The molecule has 3 nitrogen and oxygen atoms in total. The summed E-state index contributed by atoms with van der Waals surface area (Å²) in [6, 6.07) is 7.31. The number of morpholine rings is 1. The summed E-state index contributed by atoms with van der Waals surface area (Å²) in [6.45, 7) is 13.8. The zero-order valence-electron chi connectivity index (χ0n) is 14.0. The third-order valence-electron chi connectivity index (χ3n) is 4.05. The lowest BCUT2D eigenvalue weighted by Gasteiger charge is -2.34. The maximum absolute atomic E-state index is 5.65. The van der Waals surface area contributed by atoms with Crippen LogP contribution in [-0.2, 0) is 4.74 Å². The first-order valence-corrected chi connectivity index (χ1v) is 8.24. The Morgan fingerprint density at radius 1 is 1.29 bits per heavy atom. The molecule has 0 saturated carbocycles. The highest BCUT2D eigenvalue weighted by Crippen LogP contribution is 2.19. The normalized spacial score (nSPS) is 21.4. The Morgan fingerprint density at radius 2 is 2.00 bits per heavy atom. The standard InChI is InChI=1S/C18H30N2O/c1-5-6-19-18(13-20-7-8-21-16(4)12-20)17-10-14(2)9-15(3)11-17/h9-11,16,18-19H,5-8,12-13H2,1-4H3. The van der Waals surface area contributed by atoms with Gasteiger partial charge in [0, 0.05) is 25.7 Å². The second-order valence-corrected chi connectivity index (χ2v) is 6.37. The molecule has 1 N–H and O–H groups in total. The van der Waals surface area contributed by atoms with Crippen LogP contribution in [0.15, 0.2) is 18.2 Å². The summed E-state index contributed by atoms with van der Waals surface area (Å²) in [5.41, 5.74) is 4.12. The molecule has 1 fully saturated rings. The lowest BCUT2D eigenvalue weighted by atomic mass is 10.0. The molecule has 0 bridgehead atoms. The molecule has 21 heavy (non-hydrogen) atoms. The second-order valence-electron chi connectivity index (χ2n) is 6.37. The highest BCUT2D eigenvalue weighted by molar-refractivity contribution is 5.31. The van der Waals surface area contributed by atoms with Crippen LogP contribution in [0.2, 0.25) is 0 Å². The first-order valence-electron chi connectivity index (χ1n) is 8.24. The molecule has 1 heterocycles. The Kier molecular flexibility index (Phi) is 6.22. The first-order chi connectivity index (χ1) is 10.1. The van der Waals surface area contributed by atoms with E-state index in [1.807, 2.05) is 0 Å². The minimum Gasteiger partial charge on any atom is -0.376 e. The Labute approximate surface area is 129 Å². The lowest BCUT2D eigenvalue weighted by molar-refractivity contribution is -0.0211. The average Bonchev–Trinajstić information content (AvgIpc) is 2.42. The van der Waals surface area contributed by atoms with Crippen LogP contribution in [0, 0.1) is 13.8 Å². The van der Waals surface area contributed by atoms with Crippen LogP contribution in [-0.4, -0.2) is 43.8 Å². The number of hydrogen-bond donors (Lipinski definition) is 1. The summed E-state index contributed by atoms with van der Waals surface area (Å²) in [6.07, 6.45) is 1.52. The molecule has 0 amide bonds. The molecular weight excluding hydrogens is 260 g/mol. The smallest absolute Gasteiger partial charge is 0.0674 e. The van der Waals surface area contributed by atoms with Crippen molar-refractivity contribution in [1.82, 2.24) is 10.2 Å². The Bertz CT molecular complexity index is 427. The minimum atomic E-state index is 0.352. The van der Waals surface area contributed by atoms with Crippen molar-refractivity contribution in [2.75, 3.05) is 32.8 Å². The molecular formula is C18H30N2O. The van der Waals surface area contributed by atoms with Crippen molar-refractivity contribution < 1.29 is 4.74 Å². The van der Waals surface area contributed by atoms with E-state index in [4.69, 9.17) is 4.74 Å². The van der Waals surface area contributed by atoms with Gasteiger partial charge in [0.1, 0.15) is 0 Å². The van der Waals surface area contributed by atoms with Gasteiger partial charge in [0.05, 0.1) is 12.7 Å². The van der Waals surface area contributed by atoms with E-state index in [0.717, 1.165) is 32.8 Å². The van der Waals surface area contributed by atoms with Gasteiger partial charge in [0.15, 0.2) is 0 Å². The fourth-order valence-corrected chi connectivity index (χ4v) is 3.13. The molecule has 1 aliphatic heterocycles. The summed E-state index contributed by atoms with van der Waals surface area (Å²) < 4.78 is 5.65. The van der Waals surface area contributed by atoms with Gasteiger partial charge in [-0.2, -0.15) is 0 Å². The number of aryl methyl sites for hydroxylation is 2. The van der Waals surface area contributed by atoms with Gasteiger partial charge >= 0.3 is 0 Å². The van der Waals surface area contributed by atoms with Crippen LogP contribution in [0.3, 0.4) is 0 Å². The monoisotopic (exact) mass is 290 g/mol. The van der Waals surface area contributed by atoms with Crippen molar-refractivity contribution in [2.24, 2.45) is 0 Å². The maximum atomic E-state index is 5.65. The molecule has 1 aliphatic rings. The largest absolute Gasteiger partial charge is 0.376 e. The van der Waals surface area contributed by atoms with Crippen molar-refractivity contribution in [2.45, 2.75) is 46.3 Å². The third kappa shape index (κ3) is 5.10. The van der Waals surface area contributed by atoms with Crippen molar-refractivity contribution in [3.63, 3.8) is 0 Å². The van der Waals surface area contributed by atoms with Crippen LogP contribution in [0.4, 0.5) is 0 Å². The first kappa shape index (κ1) is 16.5. The van der Waals surface area contributed by atoms with Crippen LogP contribution in [0.1, 0.15) is 43.0 Å². The highest BCUT2D eigenvalue weighted by Gasteiger charge is 2.21. The Balaban J connectivity index is 2.09. The minimum absolute atomic E-state index is 0.352. The van der Waals surface area contributed by atoms with Gasteiger partial charge in [-0.3, -0.25) is 4.90 Å². The fraction of sp³-hybridized carbons (Fsp3) is 0.667. The zero-order chi connectivity index (χ0) is 15.2. The molecule has 1 aromatic carbocycles. The van der Waals surface area contributed by atoms with Gasteiger partial charge in [0.25, 0.3) is 0 Å². The molecule has 0 aromatic heterocycles. The van der Waals surface area contributed by atoms with Crippen LogP contribution >= 0.6 is 0 Å². The Morgan fingerprint density at radius 3 is 2.62 bits per heavy atom. The highest BCUT2D eigenvalue weighted by atomic mass is 16.5. The molecule has 0 radical (unpaired) electrons. The van der Waals surface area contributed by atoms with E-state index in [1.165, 1.54) is 23.1 Å². The molecule has 0 aliphatic carbocycles. The fourth-order valence-electron chi connectivity index (χ4n) is 3.13. The summed E-state index contributed by atoms with van der Waals surface area (Å²) in [7, 11) is 0. The summed E-state index contributed by atoms with van der Waals surface area (Å²) >= 11 is 0. The van der Waals surface area contributed by atoms with Gasteiger partial charge in [-0.25, -0.2) is 0 Å². The maximum Gasteiger partial charge on any atom is 0.0674 e. The van der Waals surface area contributed by atoms with E-state index >= 15 is 0 Å². The van der Waals surface area contributed by atoms with Crippen molar-refractivity contribution >= 4 is 0 Å². The number of ether oxygens (including phenoxy) is 1. The molecule has 1 aromatic rings. The molecule has 2 unspecified atom stereocenters. The predicted octanol–water partition coefficient (Wildman–Crippen LogP) is 3.06. The molecule has 2 atom stereocenters.